The van der Waals surface area contributed by atoms with Gasteiger partial charge < -0.3 is 19.8 Å². The van der Waals surface area contributed by atoms with Gasteiger partial charge >= 0.3 is 0 Å². The van der Waals surface area contributed by atoms with Crippen molar-refractivity contribution >= 4 is 11.9 Å². The highest BCUT2D eigenvalue weighted by Gasteiger charge is 2.01. The van der Waals surface area contributed by atoms with Crippen molar-refractivity contribution in [3.05, 3.63) is 0 Å². The molecule has 0 saturated carbocycles. The van der Waals surface area contributed by atoms with Crippen LogP contribution in [-0.2, 0) is 9.59 Å². The molecule has 64 valence electrons. The Kier molecular flexibility index (Phi) is 4.26. The number of carbonyl (C=O) groups is 2. The van der Waals surface area contributed by atoms with Crippen molar-refractivity contribution in [2.24, 2.45) is 5.92 Å². The van der Waals surface area contributed by atoms with E-state index in [2.05, 4.69) is 0 Å². The van der Waals surface area contributed by atoms with Crippen LogP contribution in [0.25, 0.3) is 0 Å². The first-order valence-electron chi connectivity index (χ1n) is 3.44. The van der Waals surface area contributed by atoms with Crippen molar-refractivity contribution in [3.8, 4) is 0 Å². The van der Waals surface area contributed by atoms with E-state index in [-0.39, 0.29) is 6.42 Å². The summed E-state index contributed by atoms with van der Waals surface area (Å²) in [5, 5.41) is 20.0. The summed E-state index contributed by atoms with van der Waals surface area (Å²) in [5.41, 5.74) is 0. The summed E-state index contributed by atoms with van der Waals surface area (Å²) in [6.07, 6.45) is 0.575. The second-order valence-electron chi connectivity index (χ2n) is 2.48. The molecule has 0 N–H and O–H groups in total. The molecule has 0 bridgehead atoms. The molecule has 0 radical (unpaired) electrons. The zero-order chi connectivity index (χ0) is 8.85. The van der Waals surface area contributed by atoms with Gasteiger partial charge in [0.15, 0.2) is 0 Å². The third-order valence-electron chi connectivity index (χ3n) is 1.42. The molecular weight excluding hydrogens is 148 g/mol. The van der Waals surface area contributed by atoms with Gasteiger partial charge in [0.1, 0.15) is 0 Å². The van der Waals surface area contributed by atoms with Crippen molar-refractivity contribution in [1.29, 1.82) is 0 Å². The largest absolute Gasteiger partial charge is 0.550 e. The van der Waals surface area contributed by atoms with Crippen LogP contribution in [0.15, 0.2) is 0 Å². The molecule has 1 atom stereocenters. The van der Waals surface area contributed by atoms with E-state index in [0.717, 1.165) is 0 Å². The number of carboxylic acids is 2. The lowest BCUT2D eigenvalue weighted by Gasteiger charge is -2.11. The second kappa shape index (κ2) is 4.71. The monoisotopic (exact) mass is 158 g/mol. The summed E-state index contributed by atoms with van der Waals surface area (Å²) in [6, 6.07) is 0. The molecule has 0 aromatic heterocycles. The van der Waals surface area contributed by atoms with Gasteiger partial charge in [-0.2, -0.15) is 0 Å². The molecule has 0 aliphatic carbocycles. The van der Waals surface area contributed by atoms with E-state index in [4.69, 9.17) is 0 Å². The Hall–Kier alpha value is -1.06. The highest BCUT2D eigenvalue weighted by atomic mass is 16.4. The normalized spacial score (nSPS) is 12.5. The lowest BCUT2D eigenvalue weighted by molar-refractivity contribution is -0.312. The summed E-state index contributed by atoms with van der Waals surface area (Å²) >= 11 is 0. The molecule has 0 unspecified atom stereocenters. The van der Waals surface area contributed by atoms with E-state index in [1.54, 1.807) is 0 Å². The molecule has 0 aromatic rings. The third-order valence-corrected chi connectivity index (χ3v) is 1.42. The summed E-state index contributed by atoms with van der Waals surface area (Å²) in [4.78, 5) is 20.0. The van der Waals surface area contributed by atoms with Crippen LogP contribution in [0.4, 0.5) is 0 Å². The smallest absolute Gasteiger partial charge is 0.0442 e. The molecule has 0 aliphatic heterocycles. The zero-order valence-corrected chi connectivity index (χ0v) is 6.33. The van der Waals surface area contributed by atoms with Crippen molar-refractivity contribution in [1.82, 2.24) is 0 Å². The Morgan fingerprint density at radius 3 is 2.27 bits per heavy atom. The fourth-order valence-electron chi connectivity index (χ4n) is 0.670. The highest BCUT2D eigenvalue weighted by molar-refractivity contribution is 5.67. The topological polar surface area (TPSA) is 80.3 Å². The fraction of sp³-hybridized carbons (Fsp3) is 0.714. The molecule has 0 rings (SSSR count). The molecule has 0 fully saturated rings. The maximum absolute atomic E-state index is 10.1. The number of carboxylic acid groups (broad SMARTS) is 2. The number of rotatable bonds is 5. The van der Waals surface area contributed by atoms with Gasteiger partial charge in [0.25, 0.3) is 0 Å². The minimum Gasteiger partial charge on any atom is -0.550 e. The van der Waals surface area contributed by atoms with Crippen LogP contribution in [0.2, 0.25) is 0 Å². The SMILES string of the molecule is C[C@H](CCCC(=O)[O-])C(=O)[O-]. The van der Waals surface area contributed by atoms with E-state index in [1.165, 1.54) is 6.92 Å². The van der Waals surface area contributed by atoms with Gasteiger partial charge in [-0.25, -0.2) is 0 Å². The number of aliphatic carboxylic acids is 2. The third kappa shape index (κ3) is 5.39. The summed E-state index contributed by atoms with van der Waals surface area (Å²) in [6.45, 7) is 1.49. The Labute approximate surface area is 64.8 Å². The minimum absolute atomic E-state index is 0.0857. The number of carbonyl (C=O) groups excluding carboxylic acids is 2. The van der Waals surface area contributed by atoms with E-state index in [0.29, 0.717) is 12.8 Å². The second-order valence-corrected chi connectivity index (χ2v) is 2.48. The number of hydrogen-bond acceptors (Lipinski definition) is 4. The van der Waals surface area contributed by atoms with Gasteiger partial charge in [-0.1, -0.05) is 6.92 Å². The Balaban J connectivity index is 3.39. The highest BCUT2D eigenvalue weighted by Crippen LogP contribution is 2.05. The first kappa shape index (κ1) is 9.94. The first-order valence-corrected chi connectivity index (χ1v) is 3.44. The molecule has 0 spiro atoms. The van der Waals surface area contributed by atoms with E-state index >= 15 is 0 Å². The van der Waals surface area contributed by atoms with Gasteiger partial charge in [-0.3, -0.25) is 0 Å². The Morgan fingerprint density at radius 2 is 1.91 bits per heavy atom. The summed E-state index contributed by atoms with van der Waals surface area (Å²) < 4.78 is 0. The van der Waals surface area contributed by atoms with Crippen LogP contribution in [0.3, 0.4) is 0 Å². The van der Waals surface area contributed by atoms with Crippen LogP contribution in [-0.4, -0.2) is 11.9 Å². The summed E-state index contributed by atoms with van der Waals surface area (Å²) in [7, 11) is 0. The van der Waals surface area contributed by atoms with Crippen molar-refractivity contribution < 1.29 is 19.8 Å². The first-order chi connectivity index (χ1) is 5.04. The molecule has 0 amide bonds. The van der Waals surface area contributed by atoms with Crippen molar-refractivity contribution in [2.75, 3.05) is 0 Å². The van der Waals surface area contributed by atoms with Crippen LogP contribution in [0.5, 0.6) is 0 Å². The predicted octanol–water partition coefficient (Wildman–Crippen LogP) is -1.71. The lowest BCUT2D eigenvalue weighted by atomic mass is 10.1. The van der Waals surface area contributed by atoms with E-state index < -0.39 is 17.9 Å². The average molecular weight is 158 g/mol. The van der Waals surface area contributed by atoms with Gasteiger partial charge in [-0.05, 0) is 25.2 Å². The van der Waals surface area contributed by atoms with E-state index in [1.807, 2.05) is 0 Å². The molecule has 4 heteroatoms. The average Bonchev–Trinajstić information content (AvgIpc) is 1.86. The number of hydrogen-bond donors (Lipinski definition) is 0. The van der Waals surface area contributed by atoms with Crippen LogP contribution in [0, 0.1) is 5.92 Å². The molecule has 0 aliphatic rings. The Morgan fingerprint density at radius 1 is 1.36 bits per heavy atom. The maximum atomic E-state index is 10.1. The lowest BCUT2D eigenvalue weighted by Crippen LogP contribution is -2.30. The molecule has 4 nitrogen and oxygen atoms in total. The van der Waals surface area contributed by atoms with Crippen molar-refractivity contribution in [2.45, 2.75) is 26.2 Å². The van der Waals surface area contributed by atoms with E-state index in [9.17, 15) is 19.8 Å². The molecule has 0 saturated heterocycles. The fourth-order valence-corrected chi connectivity index (χ4v) is 0.670. The minimum atomic E-state index is -1.14. The quantitative estimate of drug-likeness (QED) is 0.477. The summed E-state index contributed by atoms with van der Waals surface area (Å²) in [5.74, 6) is -2.85. The van der Waals surface area contributed by atoms with Gasteiger partial charge in [0, 0.05) is 11.9 Å². The van der Waals surface area contributed by atoms with Crippen LogP contribution < -0.4 is 10.2 Å². The van der Waals surface area contributed by atoms with Gasteiger partial charge in [-0.15, -0.1) is 0 Å². The van der Waals surface area contributed by atoms with Crippen LogP contribution in [0.1, 0.15) is 26.2 Å². The van der Waals surface area contributed by atoms with Gasteiger partial charge in [0.2, 0.25) is 0 Å². The predicted molar refractivity (Wildman–Crippen MR) is 33.0 cm³/mol. The standard InChI is InChI=1S/C7H12O4/c1-5(7(10)11)3-2-4-6(8)9/h5H,2-4H2,1H3,(H,8,9)(H,10,11)/p-2/t5-/m1/s1. The van der Waals surface area contributed by atoms with Gasteiger partial charge in [0.05, 0.1) is 0 Å². The molecule has 0 heterocycles. The molecule has 11 heavy (non-hydrogen) atoms. The zero-order valence-electron chi connectivity index (χ0n) is 6.33. The van der Waals surface area contributed by atoms with Crippen LogP contribution >= 0.6 is 0 Å². The Bertz CT molecular complexity index is 153. The van der Waals surface area contributed by atoms with Crippen molar-refractivity contribution in [3.63, 3.8) is 0 Å². The molecular formula is C7H10O4-2. The maximum Gasteiger partial charge on any atom is 0.0442 e. The molecule has 0 aromatic carbocycles.